The maximum Gasteiger partial charge on any atom is 0.490 e. The normalized spacial score (nSPS) is 11.4. The van der Waals surface area contributed by atoms with Crippen LogP contribution in [0, 0.1) is 11.2 Å². The van der Waals surface area contributed by atoms with Gasteiger partial charge in [-0.3, -0.25) is 15.0 Å². The second-order valence-electron chi connectivity index (χ2n) is 7.11. The predicted molar refractivity (Wildman–Crippen MR) is 121 cm³/mol. The average Bonchev–Trinajstić information content (AvgIpc) is 3.27. The number of hydrogen-bond acceptors (Lipinski definition) is 8. The van der Waals surface area contributed by atoms with Crippen LogP contribution in [0.2, 0.25) is 0 Å². The Morgan fingerprint density at radius 2 is 1.68 bits per heavy atom. The van der Waals surface area contributed by atoms with Gasteiger partial charge in [0.1, 0.15) is 11.9 Å². The molecule has 1 heterocycles. The Labute approximate surface area is 214 Å². The number of nitrogen functional groups attached to an aromatic ring is 1. The molecule has 0 bridgehead atoms. The summed E-state index contributed by atoms with van der Waals surface area (Å²) in [6.07, 6.45) is -5.79. The molecule has 0 spiro atoms. The number of nitrogens with one attached hydrogen (secondary N) is 2. The standard InChI is InChI=1S/C19H18FN3O7S.C2HF3O2/c20-12-6-9(17(21)22)1-3-14(12)30-19(29)10-5-11(31-8-10)2-4-15(24)23-13(18(27)28)7-16(25)26;3-2(4,5)1(6)7/h1,3,5-6,8,13H,2,4,7H2,(H3,21,22)(H,23,24)(H,25,26)(H,27,28);(H,6,7)/t13-;/m0./s1. The minimum atomic E-state index is -5.08. The number of amides is 1. The SMILES string of the molecule is N=C(N)c1ccc(OC(=O)c2csc(CCC(=O)N[C@@H](CC(=O)O)C(=O)O)c2)c(F)c1.O=C(O)C(F)(F)F. The Morgan fingerprint density at radius 3 is 2.16 bits per heavy atom. The first kappa shape index (κ1) is 31.5. The lowest BCUT2D eigenvalue weighted by atomic mass is 10.2. The van der Waals surface area contributed by atoms with E-state index >= 15 is 0 Å². The van der Waals surface area contributed by atoms with Gasteiger partial charge in [-0.2, -0.15) is 13.2 Å². The van der Waals surface area contributed by atoms with Gasteiger partial charge in [0, 0.05) is 22.2 Å². The minimum absolute atomic E-state index is 0.125. The van der Waals surface area contributed by atoms with Gasteiger partial charge in [0.15, 0.2) is 11.6 Å². The molecule has 0 aliphatic carbocycles. The van der Waals surface area contributed by atoms with Gasteiger partial charge in [0.2, 0.25) is 5.91 Å². The number of carboxylic acids is 3. The highest BCUT2D eigenvalue weighted by Crippen LogP contribution is 2.22. The molecule has 0 unspecified atom stereocenters. The van der Waals surface area contributed by atoms with E-state index in [0.29, 0.717) is 4.88 Å². The van der Waals surface area contributed by atoms with Crippen molar-refractivity contribution in [2.45, 2.75) is 31.5 Å². The molecule has 1 atom stereocenters. The summed E-state index contributed by atoms with van der Waals surface area (Å²) in [5.74, 6) is -8.58. The molecule has 0 radical (unpaired) electrons. The van der Waals surface area contributed by atoms with E-state index in [1.807, 2.05) is 0 Å². The van der Waals surface area contributed by atoms with E-state index < -0.39 is 54.2 Å². The highest BCUT2D eigenvalue weighted by atomic mass is 32.1. The van der Waals surface area contributed by atoms with Gasteiger partial charge in [0.05, 0.1) is 12.0 Å². The molecule has 12 nitrogen and oxygen atoms in total. The van der Waals surface area contributed by atoms with E-state index in [9.17, 15) is 36.7 Å². The number of carboxylic acid groups (broad SMARTS) is 3. The van der Waals surface area contributed by atoms with Crippen LogP contribution in [-0.4, -0.2) is 63.2 Å². The lowest BCUT2D eigenvalue weighted by Gasteiger charge is -2.11. The number of carbonyl (C=O) groups is 5. The molecule has 0 aliphatic rings. The molecule has 0 saturated heterocycles. The summed E-state index contributed by atoms with van der Waals surface area (Å²) in [7, 11) is 0. The van der Waals surface area contributed by atoms with E-state index in [-0.39, 0.29) is 35.6 Å². The lowest BCUT2D eigenvalue weighted by molar-refractivity contribution is -0.192. The Balaban J connectivity index is 0.000000905. The zero-order valence-corrected chi connectivity index (χ0v) is 19.7. The zero-order chi connectivity index (χ0) is 29.2. The van der Waals surface area contributed by atoms with Crippen molar-refractivity contribution in [2.24, 2.45) is 5.73 Å². The molecule has 0 saturated carbocycles. The average molecular weight is 565 g/mol. The maximum absolute atomic E-state index is 14.0. The Morgan fingerprint density at radius 1 is 1.08 bits per heavy atom. The predicted octanol–water partition coefficient (Wildman–Crippen LogP) is 2.00. The number of thiophene rings is 1. The van der Waals surface area contributed by atoms with Crippen LogP contribution in [0.25, 0.3) is 0 Å². The van der Waals surface area contributed by atoms with Gasteiger partial charge in [-0.05, 0) is 30.7 Å². The molecule has 7 N–H and O–H groups in total. The summed E-state index contributed by atoms with van der Waals surface area (Å²) >= 11 is 1.15. The Kier molecular flexibility index (Phi) is 11.3. The molecule has 0 fully saturated rings. The fourth-order valence-corrected chi connectivity index (χ4v) is 3.26. The molecule has 206 valence electrons. The molecular formula is C21H19F4N3O9S. The van der Waals surface area contributed by atoms with E-state index in [4.69, 9.17) is 36.0 Å². The molecule has 2 rings (SSSR count). The number of alkyl halides is 3. The van der Waals surface area contributed by atoms with Gasteiger partial charge >= 0.3 is 30.1 Å². The number of aryl methyl sites for hydroxylation is 1. The van der Waals surface area contributed by atoms with E-state index in [2.05, 4.69) is 5.32 Å². The lowest BCUT2D eigenvalue weighted by Crippen LogP contribution is -2.42. The van der Waals surface area contributed by atoms with E-state index in [1.165, 1.54) is 23.6 Å². The van der Waals surface area contributed by atoms with Crippen molar-refractivity contribution >= 4 is 47.0 Å². The van der Waals surface area contributed by atoms with Crippen molar-refractivity contribution in [1.29, 1.82) is 5.41 Å². The monoisotopic (exact) mass is 565 g/mol. The second-order valence-corrected chi connectivity index (χ2v) is 8.10. The minimum Gasteiger partial charge on any atom is -0.481 e. The first-order chi connectivity index (χ1) is 17.5. The van der Waals surface area contributed by atoms with Crippen LogP contribution in [0.5, 0.6) is 5.75 Å². The smallest absolute Gasteiger partial charge is 0.481 e. The summed E-state index contributed by atoms with van der Waals surface area (Å²) < 4.78 is 50.7. The van der Waals surface area contributed by atoms with E-state index in [0.717, 1.165) is 17.4 Å². The van der Waals surface area contributed by atoms with Crippen molar-refractivity contribution in [3.8, 4) is 5.75 Å². The quantitative estimate of drug-likeness (QED) is 0.0809. The van der Waals surface area contributed by atoms with Gasteiger partial charge in [0.25, 0.3) is 0 Å². The number of halogens is 4. The van der Waals surface area contributed by atoms with Gasteiger partial charge in [-0.15, -0.1) is 11.3 Å². The molecule has 17 heteroatoms. The zero-order valence-electron chi connectivity index (χ0n) is 18.9. The van der Waals surface area contributed by atoms with E-state index in [1.54, 1.807) is 0 Å². The third kappa shape index (κ3) is 10.6. The highest BCUT2D eigenvalue weighted by Gasteiger charge is 2.38. The van der Waals surface area contributed by atoms with Gasteiger partial charge in [-0.1, -0.05) is 0 Å². The van der Waals surface area contributed by atoms with Crippen molar-refractivity contribution in [3.05, 3.63) is 51.5 Å². The van der Waals surface area contributed by atoms with Gasteiger partial charge in [-0.25, -0.2) is 18.8 Å². The molecule has 38 heavy (non-hydrogen) atoms. The summed E-state index contributed by atoms with van der Waals surface area (Å²) in [5, 5.41) is 35.6. The summed E-state index contributed by atoms with van der Waals surface area (Å²) in [6.45, 7) is 0. The summed E-state index contributed by atoms with van der Waals surface area (Å²) in [6, 6.07) is 3.40. The number of benzene rings is 1. The summed E-state index contributed by atoms with van der Waals surface area (Å²) in [5.41, 5.74) is 5.54. The number of nitrogens with two attached hydrogens (primary N) is 1. The third-order valence-corrected chi connectivity index (χ3v) is 5.18. The first-order valence-corrected chi connectivity index (χ1v) is 10.9. The molecule has 2 aromatic rings. The fraction of sp³-hybridized carbons (Fsp3) is 0.238. The molecule has 1 aromatic heterocycles. The molecular weight excluding hydrogens is 546 g/mol. The van der Waals surface area contributed by atoms with Crippen LogP contribution in [0.15, 0.2) is 29.6 Å². The number of rotatable bonds is 10. The van der Waals surface area contributed by atoms with Crippen LogP contribution >= 0.6 is 11.3 Å². The number of aliphatic carboxylic acids is 3. The largest absolute Gasteiger partial charge is 0.490 e. The Hall–Kier alpha value is -4.54. The van der Waals surface area contributed by atoms with Crippen LogP contribution in [-0.2, 0) is 25.6 Å². The topological polar surface area (TPSA) is 217 Å². The number of carbonyl (C=O) groups excluding carboxylic acids is 2. The van der Waals surface area contributed by atoms with Crippen molar-refractivity contribution < 1.29 is 61.6 Å². The van der Waals surface area contributed by atoms with Crippen LogP contribution < -0.4 is 15.8 Å². The fourth-order valence-electron chi connectivity index (χ4n) is 2.41. The number of amidine groups is 1. The molecule has 1 aromatic carbocycles. The van der Waals surface area contributed by atoms with Crippen molar-refractivity contribution in [3.63, 3.8) is 0 Å². The van der Waals surface area contributed by atoms with Gasteiger partial charge < -0.3 is 31.1 Å². The van der Waals surface area contributed by atoms with Crippen molar-refractivity contribution in [1.82, 2.24) is 5.32 Å². The number of hydrogen-bond donors (Lipinski definition) is 6. The molecule has 1 amide bonds. The summed E-state index contributed by atoms with van der Waals surface area (Å²) in [4.78, 5) is 55.2. The third-order valence-electron chi connectivity index (χ3n) is 4.19. The maximum atomic E-state index is 14.0. The van der Waals surface area contributed by atoms with Crippen molar-refractivity contribution in [2.75, 3.05) is 0 Å². The highest BCUT2D eigenvalue weighted by molar-refractivity contribution is 7.10. The second kappa shape index (κ2) is 13.7. The van der Waals surface area contributed by atoms with Crippen LogP contribution in [0.4, 0.5) is 17.6 Å². The van der Waals surface area contributed by atoms with Crippen LogP contribution in [0.1, 0.15) is 33.6 Å². The number of ether oxygens (including phenoxy) is 1. The van der Waals surface area contributed by atoms with Crippen LogP contribution in [0.3, 0.4) is 0 Å². The molecule has 0 aliphatic heterocycles. The number of esters is 1. The first-order valence-electron chi connectivity index (χ1n) is 9.98. The Bertz CT molecular complexity index is 1230.